The number of nitrogens with one attached hydrogen (secondary N) is 1. The maximum Gasteiger partial charge on any atom is 0.254 e. The van der Waals surface area contributed by atoms with Crippen LogP contribution in [0.3, 0.4) is 0 Å². The molecule has 1 saturated carbocycles. The van der Waals surface area contributed by atoms with Crippen LogP contribution in [0.15, 0.2) is 12.1 Å². The van der Waals surface area contributed by atoms with Crippen molar-refractivity contribution in [1.29, 1.82) is 0 Å². The van der Waals surface area contributed by atoms with E-state index >= 15 is 0 Å². The molecule has 1 fully saturated rings. The highest BCUT2D eigenvalue weighted by molar-refractivity contribution is 14.1. The molecule has 5 heteroatoms. The summed E-state index contributed by atoms with van der Waals surface area (Å²) in [5.41, 5.74) is -0.0901. The molecule has 0 bridgehead atoms. The Labute approximate surface area is 99.2 Å². The van der Waals surface area contributed by atoms with Gasteiger partial charge in [-0.25, -0.2) is 8.78 Å². The van der Waals surface area contributed by atoms with Crippen molar-refractivity contribution in [2.75, 3.05) is 0 Å². The second-order valence-electron chi connectivity index (χ2n) is 3.49. The van der Waals surface area contributed by atoms with Crippen molar-refractivity contribution >= 4 is 28.5 Å². The van der Waals surface area contributed by atoms with Crippen molar-refractivity contribution in [2.24, 2.45) is 0 Å². The molecule has 0 saturated heterocycles. The summed E-state index contributed by atoms with van der Waals surface area (Å²) in [5.74, 6) is -1.92. The van der Waals surface area contributed by atoms with Crippen LogP contribution in [0, 0.1) is 15.2 Å². The monoisotopic (exact) mass is 323 g/mol. The lowest BCUT2D eigenvalue weighted by Crippen LogP contribution is -2.26. The molecule has 80 valence electrons. The van der Waals surface area contributed by atoms with Crippen molar-refractivity contribution < 1.29 is 13.6 Å². The van der Waals surface area contributed by atoms with Crippen LogP contribution in [0.1, 0.15) is 23.2 Å². The van der Waals surface area contributed by atoms with E-state index in [4.69, 9.17) is 0 Å². The molecule has 0 radical (unpaired) electrons. The van der Waals surface area contributed by atoms with Gasteiger partial charge in [0, 0.05) is 15.7 Å². The molecule has 15 heavy (non-hydrogen) atoms. The normalized spacial score (nSPS) is 15.1. The highest BCUT2D eigenvalue weighted by atomic mass is 127. The Morgan fingerprint density at radius 3 is 2.60 bits per heavy atom. The molecule has 0 unspecified atom stereocenters. The first-order valence-electron chi connectivity index (χ1n) is 4.53. The third-order valence-electron chi connectivity index (χ3n) is 2.17. The van der Waals surface area contributed by atoms with E-state index in [1.165, 1.54) is 6.07 Å². The fraction of sp³-hybridized carbons (Fsp3) is 0.300. The fourth-order valence-electron chi connectivity index (χ4n) is 1.19. The predicted octanol–water partition coefficient (Wildman–Crippen LogP) is 2.46. The number of carbonyl (C=O) groups excluding carboxylic acids is 1. The van der Waals surface area contributed by atoms with Crippen molar-refractivity contribution in [2.45, 2.75) is 18.9 Å². The van der Waals surface area contributed by atoms with Crippen LogP contribution in [0.4, 0.5) is 8.78 Å². The quantitative estimate of drug-likeness (QED) is 0.657. The van der Waals surface area contributed by atoms with Gasteiger partial charge in [0.15, 0.2) is 0 Å². The van der Waals surface area contributed by atoms with Crippen LogP contribution in [0.5, 0.6) is 0 Å². The Hall–Kier alpha value is -0.720. The van der Waals surface area contributed by atoms with Crippen LogP contribution < -0.4 is 5.32 Å². The van der Waals surface area contributed by atoms with E-state index in [2.05, 4.69) is 5.32 Å². The maximum atomic E-state index is 13.2. The minimum atomic E-state index is -0.814. The van der Waals surface area contributed by atoms with E-state index in [1.54, 1.807) is 22.6 Å². The number of carbonyl (C=O) groups is 1. The van der Waals surface area contributed by atoms with Crippen molar-refractivity contribution in [3.63, 3.8) is 0 Å². The molecule has 2 rings (SSSR count). The largest absolute Gasteiger partial charge is 0.349 e. The zero-order chi connectivity index (χ0) is 11.0. The molecule has 0 aromatic heterocycles. The lowest BCUT2D eigenvalue weighted by Gasteiger charge is -2.05. The van der Waals surface area contributed by atoms with Gasteiger partial charge in [-0.05, 0) is 41.5 Å². The average Bonchev–Trinajstić information content (AvgIpc) is 2.95. The third-order valence-corrected chi connectivity index (χ3v) is 2.99. The van der Waals surface area contributed by atoms with E-state index in [1.807, 2.05) is 0 Å². The summed E-state index contributed by atoms with van der Waals surface area (Å²) in [7, 11) is 0. The molecule has 1 aliphatic carbocycles. The molecule has 0 atom stereocenters. The van der Waals surface area contributed by atoms with E-state index < -0.39 is 17.5 Å². The standard InChI is InChI=1S/C10H8F2INO/c11-7-4-8(12)9(13)3-6(7)10(15)14-5-1-2-5/h3-5H,1-2H2,(H,14,15). The van der Waals surface area contributed by atoms with E-state index in [0.717, 1.165) is 18.9 Å². The molecule has 0 spiro atoms. The summed E-state index contributed by atoms with van der Waals surface area (Å²) in [6.45, 7) is 0. The van der Waals surface area contributed by atoms with Crippen LogP contribution in [-0.2, 0) is 0 Å². The highest BCUT2D eigenvalue weighted by Crippen LogP contribution is 2.21. The lowest BCUT2D eigenvalue weighted by atomic mass is 10.2. The molecule has 1 aromatic rings. The highest BCUT2D eigenvalue weighted by Gasteiger charge is 2.25. The number of hydrogen-bond acceptors (Lipinski definition) is 1. The first-order valence-corrected chi connectivity index (χ1v) is 5.61. The van der Waals surface area contributed by atoms with Gasteiger partial charge in [-0.1, -0.05) is 0 Å². The zero-order valence-electron chi connectivity index (χ0n) is 7.69. The lowest BCUT2D eigenvalue weighted by molar-refractivity contribution is 0.0947. The van der Waals surface area contributed by atoms with Crippen molar-refractivity contribution in [3.05, 3.63) is 32.9 Å². The number of rotatable bonds is 2. The molecule has 0 heterocycles. The van der Waals surface area contributed by atoms with Crippen molar-refractivity contribution in [3.8, 4) is 0 Å². The Balaban J connectivity index is 2.25. The minimum Gasteiger partial charge on any atom is -0.349 e. The van der Waals surface area contributed by atoms with E-state index in [9.17, 15) is 13.6 Å². The minimum absolute atomic E-state index is 0.0901. The second kappa shape index (κ2) is 4.03. The first-order chi connectivity index (χ1) is 7.08. The molecule has 1 aromatic carbocycles. The summed E-state index contributed by atoms with van der Waals surface area (Å²) in [6.07, 6.45) is 1.87. The predicted molar refractivity (Wildman–Crippen MR) is 59.6 cm³/mol. The third kappa shape index (κ3) is 2.45. The Kier molecular flexibility index (Phi) is 2.90. The number of amides is 1. The van der Waals surface area contributed by atoms with Gasteiger partial charge < -0.3 is 5.32 Å². The van der Waals surface area contributed by atoms with Crippen LogP contribution >= 0.6 is 22.6 Å². The van der Waals surface area contributed by atoms with Crippen LogP contribution in [-0.4, -0.2) is 11.9 Å². The number of halogens is 3. The summed E-state index contributed by atoms with van der Waals surface area (Å²) in [6, 6.07) is 2.13. The molecular weight excluding hydrogens is 315 g/mol. The summed E-state index contributed by atoms with van der Waals surface area (Å²) in [5, 5.41) is 2.65. The number of hydrogen-bond donors (Lipinski definition) is 1. The van der Waals surface area contributed by atoms with Gasteiger partial charge in [-0.2, -0.15) is 0 Å². The van der Waals surface area contributed by atoms with Gasteiger partial charge in [0.1, 0.15) is 11.6 Å². The topological polar surface area (TPSA) is 29.1 Å². The Morgan fingerprint density at radius 2 is 2.00 bits per heavy atom. The smallest absolute Gasteiger partial charge is 0.254 e. The van der Waals surface area contributed by atoms with Gasteiger partial charge in [0.25, 0.3) is 5.91 Å². The summed E-state index contributed by atoms with van der Waals surface area (Å²) in [4.78, 5) is 11.5. The molecule has 1 N–H and O–H groups in total. The van der Waals surface area contributed by atoms with Gasteiger partial charge in [-0.3, -0.25) is 4.79 Å². The molecule has 0 aliphatic heterocycles. The van der Waals surface area contributed by atoms with E-state index in [0.29, 0.717) is 0 Å². The molecule has 1 amide bonds. The first kappa shape index (κ1) is 10.8. The summed E-state index contributed by atoms with van der Waals surface area (Å²) >= 11 is 1.73. The SMILES string of the molecule is O=C(NC1CC1)c1cc(I)c(F)cc1F. The second-order valence-corrected chi connectivity index (χ2v) is 4.66. The molecule has 1 aliphatic rings. The van der Waals surface area contributed by atoms with Crippen LogP contribution in [0.2, 0.25) is 0 Å². The van der Waals surface area contributed by atoms with Crippen molar-refractivity contribution in [1.82, 2.24) is 5.32 Å². The molecular formula is C10H8F2INO. The van der Waals surface area contributed by atoms with Gasteiger partial charge in [0.2, 0.25) is 0 Å². The Bertz CT molecular complexity index is 418. The van der Waals surface area contributed by atoms with Gasteiger partial charge >= 0.3 is 0 Å². The van der Waals surface area contributed by atoms with Gasteiger partial charge in [0.05, 0.1) is 5.56 Å². The van der Waals surface area contributed by atoms with Crippen LogP contribution in [0.25, 0.3) is 0 Å². The Morgan fingerprint density at radius 1 is 1.33 bits per heavy atom. The molecule has 2 nitrogen and oxygen atoms in total. The average molecular weight is 323 g/mol. The maximum absolute atomic E-state index is 13.2. The van der Waals surface area contributed by atoms with Gasteiger partial charge in [-0.15, -0.1) is 0 Å². The fourth-order valence-corrected chi connectivity index (χ4v) is 1.65. The zero-order valence-corrected chi connectivity index (χ0v) is 9.85. The summed E-state index contributed by atoms with van der Waals surface area (Å²) < 4.78 is 26.4. The number of benzene rings is 1. The van der Waals surface area contributed by atoms with E-state index in [-0.39, 0.29) is 15.2 Å².